The highest BCUT2D eigenvalue weighted by molar-refractivity contribution is 5.72. The first-order chi connectivity index (χ1) is 27.1. The van der Waals surface area contributed by atoms with Crippen LogP contribution >= 0.6 is 0 Å². The maximum absolute atomic E-state index is 12.7. The number of allylic oxidation sites excluding steroid dienone is 12. The molecule has 320 valence electrons. The molecule has 0 aliphatic rings. The number of carboxylic acid groups (broad SMARTS) is 1. The second-order valence-corrected chi connectivity index (χ2v) is 15.7. The van der Waals surface area contributed by atoms with Gasteiger partial charge in [0.15, 0.2) is 12.1 Å². The van der Waals surface area contributed by atoms with Crippen LogP contribution in [0.3, 0.4) is 0 Å². The Labute approximate surface area is 342 Å². The first kappa shape index (κ1) is 52.8. The summed E-state index contributed by atoms with van der Waals surface area (Å²) in [6, 6.07) is -0.631. The normalized spacial score (nSPS) is 13.7. The van der Waals surface area contributed by atoms with Crippen LogP contribution in [0, 0.1) is 0 Å². The minimum atomic E-state index is -0.890. The molecule has 0 aromatic carbocycles. The monoisotopic (exact) mass is 785 g/mol. The summed E-state index contributed by atoms with van der Waals surface area (Å²) in [5.74, 6) is -1.58. The topological polar surface area (TPSA) is 99.1 Å². The van der Waals surface area contributed by atoms with Gasteiger partial charge in [0, 0.05) is 19.3 Å². The molecule has 8 nitrogen and oxygen atoms in total. The van der Waals surface area contributed by atoms with Crippen molar-refractivity contribution in [2.75, 3.05) is 41.0 Å². The van der Waals surface area contributed by atoms with Crippen molar-refractivity contribution >= 4 is 17.9 Å². The maximum atomic E-state index is 12.7. The third-order valence-corrected chi connectivity index (χ3v) is 9.47. The number of hydrogen-bond donors (Lipinski definition) is 1. The van der Waals surface area contributed by atoms with Crippen molar-refractivity contribution in [1.29, 1.82) is 0 Å². The molecule has 1 N–H and O–H groups in total. The SMILES string of the molecule is CC/C=C/C=C/C=C/C=C/C=C/CCCC(=O)OC(COCCC(C(=O)O)[N+](C)(C)C)COC(=O)CCCCCCCCC/C=C/CCCCCCCCCC. The summed E-state index contributed by atoms with van der Waals surface area (Å²) < 4.78 is 17.2. The lowest BCUT2D eigenvalue weighted by Crippen LogP contribution is -2.50. The lowest BCUT2D eigenvalue weighted by Gasteiger charge is -2.31. The van der Waals surface area contributed by atoms with Crippen molar-refractivity contribution < 1.29 is 38.2 Å². The van der Waals surface area contributed by atoms with E-state index in [1.165, 1.54) is 89.9 Å². The molecule has 0 aliphatic heterocycles. The molecule has 0 spiro atoms. The van der Waals surface area contributed by atoms with Gasteiger partial charge < -0.3 is 23.8 Å². The zero-order chi connectivity index (χ0) is 41.4. The summed E-state index contributed by atoms with van der Waals surface area (Å²) in [4.78, 5) is 36.9. The third kappa shape index (κ3) is 36.4. The van der Waals surface area contributed by atoms with E-state index in [1.54, 1.807) is 0 Å². The predicted octanol–water partition coefficient (Wildman–Crippen LogP) is 12.0. The van der Waals surface area contributed by atoms with Crippen molar-refractivity contribution in [2.24, 2.45) is 0 Å². The van der Waals surface area contributed by atoms with E-state index in [0.717, 1.165) is 32.1 Å². The fraction of sp³-hybridized carbons (Fsp3) is 0.688. The smallest absolute Gasteiger partial charge is 0.362 e. The number of ether oxygens (including phenoxy) is 3. The lowest BCUT2D eigenvalue weighted by atomic mass is 10.1. The average Bonchev–Trinajstić information content (AvgIpc) is 3.15. The van der Waals surface area contributed by atoms with Gasteiger partial charge in [0.25, 0.3) is 0 Å². The van der Waals surface area contributed by atoms with Crippen molar-refractivity contribution in [3.63, 3.8) is 0 Å². The van der Waals surface area contributed by atoms with Crippen LogP contribution in [0.25, 0.3) is 0 Å². The van der Waals surface area contributed by atoms with Gasteiger partial charge in [-0.15, -0.1) is 0 Å². The first-order valence-electron chi connectivity index (χ1n) is 22.0. The second kappa shape index (κ2) is 38.6. The van der Waals surface area contributed by atoms with E-state index in [-0.39, 0.29) is 42.7 Å². The molecule has 0 fully saturated rings. The molecule has 0 saturated heterocycles. The van der Waals surface area contributed by atoms with Crippen molar-refractivity contribution in [1.82, 2.24) is 0 Å². The third-order valence-electron chi connectivity index (χ3n) is 9.47. The van der Waals surface area contributed by atoms with E-state index >= 15 is 0 Å². The summed E-state index contributed by atoms with van der Waals surface area (Å²) in [7, 11) is 5.49. The second-order valence-electron chi connectivity index (χ2n) is 15.7. The van der Waals surface area contributed by atoms with Crippen LogP contribution in [-0.2, 0) is 28.6 Å². The van der Waals surface area contributed by atoms with Gasteiger partial charge in [-0.1, -0.05) is 164 Å². The van der Waals surface area contributed by atoms with Gasteiger partial charge >= 0.3 is 17.9 Å². The number of carboxylic acids is 1. The summed E-state index contributed by atoms with van der Waals surface area (Å²) in [6.07, 6.45) is 48.2. The van der Waals surface area contributed by atoms with E-state index in [4.69, 9.17) is 14.2 Å². The van der Waals surface area contributed by atoms with Gasteiger partial charge in [-0.25, -0.2) is 4.79 Å². The minimum Gasteiger partial charge on any atom is -0.477 e. The number of hydrogen-bond acceptors (Lipinski definition) is 6. The molecule has 0 bridgehead atoms. The molecule has 2 unspecified atom stereocenters. The number of nitrogens with zero attached hydrogens (tertiary/aromatic N) is 1. The van der Waals surface area contributed by atoms with E-state index in [9.17, 15) is 19.5 Å². The van der Waals surface area contributed by atoms with E-state index < -0.39 is 18.1 Å². The number of likely N-dealkylation sites (N-methyl/N-ethyl adjacent to an activating group) is 1. The van der Waals surface area contributed by atoms with Crippen LogP contribution in [0.15, 0.2) is 72.9 Å². The van der Waals surface area contributed by atoms with Crippen molar-refractivity contribution in [3.05, 3.63) is 72.9 Å². The van der Waals surface area contributed by atoms with Crippen LogP contribution in [0.1, 0.15) is 162 Å². The van der Waals surface area contributed by atoms with Gasteiger partial charge in [-0.05, 0) is 51.4 Å². The zero-order valence-electron chi connectivity index (χ0n) is 36.3. The molecule has 0 aliphatic carbocycles. The zero-order valence-corrected chi connectivity index (χ0v) is 36.3. The number of esters is 2. The van der Waals surface area contributed by atoms with Crippen molar-refractivity contribution in [2.45, 2.75) is 174 Å². The standard InChI is InChI=1S/C48H81NO7/c1-6-8-10-12-14-16-18-20-21-22-23-24-25-27-28-30-32-34-36-38-46(50)55-43-44(42-54-41-40-45(48(52)53)49(3,4)5)56-47(51)39-37-35-33-31-29-26-19-17-15-13-11-9-7-2/h9,11,13,15,17,19,22-23,26,29,31,33,44-45H,6-8,10,12,14,16,18,20-21,24-25,27-28,30,32,34-43H2,1-5H3/p+1/b11-9+,15-13+,19-17+,23-22+,29-26+,33-31+. The Morgan fingerprint density at radius 2 is 1.04 bits per heavy atom. The minimum absolute atomic E-state index is 0.0276. The van der Waals surface area contributed by atoms with Gasteiger partial charge in [-0.3, -0.25) is 9.59 Å². The van der Waals surface area contributed by atoms with Gasteiger partial charge in [-0.2, -0.15) is 0 Å². The Hall–Kier alpha value is -3.23. The van der Waals surface area contributed by atoms with Crippen molar-refractivity contribution in [3.8, 4) is 0 Å². The molecule has 0 aromatic heterocycles. The summed E-state index contributed by atoms with van der Waals surface area (Å²) in [5.41, 5.74) is 0. The highest BCUT2D eigenvalue weighted by Gasteiger charge is 2.31. The van der Waals surface area contributed by atoms with Crippen LogP contribution in [0.4, 0.5) is 0 Å². The number of unbranched alkanes of at least 4 members (excludes halogenated alkanes) is 16. The fourth-order valence-corrected chi connectivity index (χ4v) is 6.06. The van der Waals surface area contributed by atoms with Crippen LogP contribution in [0.5, 0.6) is 0 Å². The molecule has 8 heteroatoms. The largest absolute Gasteiger partial charge is 0.477 e. The molecule has 0 radical (unpaired) electrons. The van der Waals surface area contributed by atoms with Gasteiger partial charge in [0.1, 0.15) is 6.61 Å². The number of carbonyl (C=O) groups excluding carboxylic acids is 2. The lowest BCUT2D eigenvalue weighted by molar-refractivity contribution is -0.887. The molecule has 0 heterocycles. The maximum Gasteiger partial charge on any atom is 0.362 e. The number of carbonyl (C=O) groups is 3. The molecule has 0 amide bonds. The van der Waals surface area contributed by atoms with Crippen LogP contribution in [0.2, 0.25) is 0 Å². The Morgan fingerprint density at radius 3 is 1.57 bits per heavy atom. The van der Waals surface area contributed by atoms with Crippen LogP contribution in [-0.4, -0.2) is 80.6 Å². The molecule has 0 aromatic rings. The Morgan fingerprint density at radius 1 is 0.554 bits per heavy atom. The quantitative estimate of drug-likeness (QED) is 0.0219. The van der Waals surface area contributed by atoms with Gasteiger partial charge in [0.2, 0.25) is 0 Å². The summed E-state index contributed by atoms with van der Waals surface area (Å²) >= 11 is 0. The van der Waals surface area contributed by atoms with Crippen LogP contribution < -0.4 is 0 Å². The average molecular weight is 785 g/mol. The number of aliphatic carboxylic acids is 1. The van der Waals surface area contributed by atoms with E-state index in [1.807, 2.05) is 75.8 Å². The summed E-state index contributed by atoms with van der Waals surface area (Å²) in [6.45, 7) is 4.50. The molecular weight excluding hydrogens is 703 g/mol. The Bertz CT molecular complexity index is 1140. The molecule has 2 atom stereocenters. The number of rotatable bonds is 38. The Balaban J connectivity index is 4.40. The summed E-state index contributed by atoms with van der Waals surface area (Å²) in [5, 5.41) is 9.61. The highest BCUT2D eigenvalue weighted by atomic mass is 16.6. The van der Waals surface area contributed by atoms with Gasteiger partial charge in [0.05, 0.1) is 34.4 Å². The predicted molar refractivity (Wildman–Crippen MR) is 233 cm³/mol. The molecule has 56 heavy (non-hydrogen) atoms. The first-order valence-corrected chi connectivity index (χ1v) is 22.0. The highest BCUT2D eigenvalue weighted by Crippen LogP contribution is 2.13. The molecular formula is C48H82NO7+. The van der Waals surface area contributed by atoms with E-state index in [0.29, 0.717) is 19.3 Å². The molecule has 0 rings (SSSR count). The van der Waals surface area contributed by atoms with E-state index in [2.05, 4.69) is 32.1 Å². The molecule has 0 saturated carbocycles. The Kier molecular flexibility index (Phi) is 36.4. The fourth-order valence-electron chi connectivity index (χ4n) is 6.06. The number of quaternary nitrogens is 1.